The van der Waals surface area contributed by atoms with Gasteiger partial charge >= 0.3 is 0 Å². The van der Waals surface area contributed by atoms with Crippen LogP contribution in [-0.4, -0.2) is 113 Å². The zero-order valence-corrected chi connectivity index (χ0v) is 29.7. The number of hydrogen-bond acceptors (Lipinski definition) is 9. The lowest BCUT2D eigenvalue weighted by atomic mass is 9.94. The third-order valence-corrected chi connectivity index (χ3v) is 10.0. The molecule has 1 aromatic heterocycles. The Labute approximate surface area is 288 Å². The number of hydrogen-bond donors (Lipinski definition) is 0. The van der Waals surface area contributed by atoms with Crippen LogP contribution >= 0.6 is 0 Å². The van der Waals surface area contributed by atoms with Crippen molar-refractivity contribution in [2.75, 3.05) is 84.6 Å². The van der Waals surface area contributed by atoms with Crippen molar-refractivity contribution in [3.63, 3.8) is 0 Å². The van der Waals surface area contributed by atoms with Crippen molar-refractivity contribution in [2.45, 2.75) is 25.3 Å². The van der Waals surface area contributed by atoms with E-state index in [0.717, 1.165) is 68.1 Å². The van der Waals surface area contributed by atoms with Gasteiger partial charge in [-0.1, -0.05) is 24.3 Å². The van der Waals surface area contributed by atoms with E-state index < -0.39 is 9.84 Å². The molecule has 0 spiro atoms. The Kier molecular flexibility index (Phi) is 11.7. The number of halogens is 1. The molecule has 1 fully saturated rings. The summed E-state index contributed by atoms with van der Waals surface area (Å²) in [5.74, 6) is 1.50. The van der Waals surface area contributed by atoms with Crippen molar-refractivity contribution in [3.8, 4) is 17.2 Å². The number of rotatable bonds is 14. The van der Waals surface area contributed by atoms with E-state index in [9.17, 15) is 17.6 Å². The van der Waals surface area contributed by atoms with Crippen LogP contribution in [0.3, 0.4) is 0 Å². The highest BCUT2D eigenvalue weighted by atomic mass is 32.2. The largest absolute Gasteiger partial charge is 0.493 e. The number of anilines is 1. The van der Waals surface area contributed by atoms with Gasteiger partial charge in [0.05, 0.1) is 38.1 Å². The zero-order chi connectivity index (χ0) is 35.1. The van der Waals surface area contributed by atoms with Crippen molar-refractivity contribution in [1.82, 2.24) is 19.4 Å². The van der Waals surface area contributed by atoms with Gasteiger partial charge in [0.1, 0.15) is 15.7 Å². The first-order valence-electron chi connectivity index (χ1n) is 16.4. The Morgan fingerprint density at radius 2 is 1.63 bits per heavy atom. The third-order valence-electron chi connectivity index (χ3n) is 9.08. The summed E-state index contributed by atoms with van der Waals surface area (Å²) in [6, 6.07) is 17.6. The van der Waals surface area contributed by atoms with Gasteiger partial charge in [0.25, 0.3) is 5.91 Å². The lowest BCUT2D eigenvalue weighted by molar-refractivity contribution is 0.0782. The van der Waals surface area contributed by atoms with E-state index in [0.29, 0.717) is 35.9 Å². The summed E-state index contributed by atoms with van der Waals surface area (Å²) < 4.78 is 56.4. The summed E-state index contributed by atoms with van der Waals surface area (Å²) in [5, 5.41) is 0. The highest BCUT2D eigenvalue weighted by Gasteiger charge is 2.25. The van der Waals surface area contributed by atoms with Crippen LogP contribution in [0.4, 0.5) is 10.3 Å². The van der Waals surface area contributed by atoms with E-state index in [2.05, 4.69) is 9.80 Å². The van der Waals surface area contributed by atoms with Gasteiger partial charge in [-0.2, -0.15) is 0 Å². The highest BCUT2D eigenvalue weighted by Crippen LogP contribution is 2.38. The fourth-order valence-corrected chi connectivity index (χ4v) is 6.97. The van der Waals surface area contributed by atoms with Gasteiger partial charge in [0.15, 0.2) is 11.5 Å². The number of para-hydroxylation sites is 2. The number of aryl methyl sites for hydroxylation is 1. The highest BCUT2D eigenvalue weighted by molar-refractivity contribution is 7.90. The van der Waals surface area contributed by atoms with Gasteiger partial charge in [-0.25, -0.2) is 17.8 Å². The number of methoxy groups -OCH3 is 3. The van der Waals surface area contributed by atoms with E-state index in [1.54, 1.807) is 36.2 Å². The minimum absolute atomic E-state index is 0.0432. The quantitative estimate of drug-likeness (QED) is 0.186. The van der Waals surface area contributed by atoms with Gasteiger partial charge in [0, 0.05) is 57.5 Å². The molecule has 0 bridgehead atoms. The van der Waals surface area contributed by atoms with Crippen LogP contribution in [0.15, 0.2) is 60.7 Å². The molecule has 11 nitrogen and oxygen atoms in total. The first kappa shape index (κ1) is 35.9. The van der Waals surface area contributed by atoms with Gasteiger partial charge in [-0.3, -0.25) is 4.79 Å². The molecule has 0 N–H and O–H groups in total. The molecule has 0 radical (unpaired) electrons. The minimum atomic E-state index is -3.15. The molecule has 0 aliphatic carbocycles. The van der Waals surface area contributed by atoms with E-state index in [1.165, 1.54) is 39.7 Å². The maximum atomic E-state index is 13.9. The van der Waals surface area contributed by atoms with Crippen molar-refractivity contribution in [3.05, 3.63) is 77.6 Å². The maximum Gasteiger partial charge on any atom is 0.253 e. The van der Waals surface area contributed by atoms with Gasteiger partial charge in [0.2, 0.25) is 11.7 Å². The van der Waals surface area contributed by atoms with Gasteiger partial charge in [-0.05, 0) is 67.9 Å². The van der Waals surface area contributed by atoms with Crippen LogP contribution in [0.2, 0.25) is 0 Å². The molecule has 4 aromatic rings. The average molecular weight is 696 g/mol. The molecule has 0 saturated carbocycles. The van der Waals surface area contributed by atoms with Crippen LogP contribution < -0.4 is 19.1 Å². The number of fused-ring (bicyclic) bond motifs is 1. The number of amides is 1. The Hall–Kier alpha value is -4.36. The smallest absolute Gasteiger partial charge is 0.253 e. The van der Waals surface area contributed by atoms with Crippen molar-refractivity contribution in [1.29, 1.82) is 0 Å². The number of carbonyl (C=O) groups excluding carboxylic acids is 1. The molecule has 5 rings (SSSR count). The van der Waals surface area contributed by atoms with Crippen LogP contribution in [-0.2, 0) is 16.4 Å². The van der Waals surface area contributed by atoms with Crippen molar-refractivity contribution < 1.29 is 31.8 Å². The molecule has 1 unspecified atom stereocenters. The number of likely N-dealkylation sites (N-methyl/N-ethyl adjacent to an activating group) is 1. The third kappa shape index (κ3) is 8.82. The summed E-state index contributed by atoms with van der Waals surface area (Å²) in [4.78, 5) is 24.9. The summed E-state index contributed by atoms with van der Waals surface area (Å²) in [7, 11) is 3.15. The Balaban J connectivity index is 1.29. The molecule has 1 aliphatic heterocycles. The Bertz CT molecular complexity index is 1820. The molecular formula is C36H46FN5O6S. The molecule has 1 aliphatic rings. The summed E-state index contributed by atoms with van der Waals surface area (Å²) in [5.41, 5.74) is 3.14. The summed E-state index contributed by atoms with van der Waals surface area (Å²) in [6.45, 7) is 4.77. The van der Waals surface area contributed by atoms with E-state index >= 15 is 0 Å². The van der Waals surface area contributed by atoms with Crippen LogP contribution in [0.25, 0.3) is 11.0 Å². The topological polar surface area (TPSA) is 106 Å². The lowest BCUT2D eigenvalue weighted by Gasteiger charge is -2.28. The Morgan fingerprint density at radius 1 is 0.939 bits per heavy atom. The molecule has 1 amide bonds. The number of sulfone groups is 1. The first-order chi connectivity index (χ1) is 23.5. The SMILES string of the molecule is COc1cc(C(=O)N(C)CC(CCN2CCCN(c3nc4ccccc4n3CCS(C)(=O)=O)CC2)c2ccc(F)cc2)cc(OC)c1OC. The summed E-state index contributed by atoms with van der Waals surface area (Å²) in [6.07, 6.45) is 2.93. The fraction of sp³-hybridized carbons (Fsp3) is 0.444. The molecule has 1 saturated heterocycles. The summed E-state index contributed by atoms with van der Waals surface area (Å²) >= 11 is 0. The molecule has 3 aromatic carbocycles. The second-order valence-electron chi connectivity index (χ2n) is 12.5. The number of imidazole rings is 1. The van der Waals surface area contributed by atoms with Crippen LogP contribution in [0.1, 0.15) is 34.7 Å². The first-order valence-corrected chi connectivity index (χ1v) is 18.5. The normalized spacial score (nSPS) is 14.8. The predicted molar refractivity (Wildman–Crippen MR) is 190 cm³/mol. The Morgan fingerprint density at radius 3 is 2.29 bits per heavy atom. The molecular weight excluding hydrogens is 649 g/mol. The zero-order valence-electron chi connectivity index (χ0n) is 28.9. The standard InChI is InChI=1S/C36H46FN5O6S/c1-39(35(43)28-23-32(46-2)34(48-4)33(24-28)47-3)25-27(26-11-13-29(37)14-12-26)15-18-40-16-8-17-41(20-19-40)36-38-30-9-6-7-10-31(30)42(36)21-22-49(5,44)45/h6-7,9-14,23-24,27H,8,15-22,25H2,1-5H3. The number of benzene rings is 3. The molecule has 49 heavy (non-hydrogen) atoms. The predicted octanol–water partition coefficient (Wildman–Crippen LogP) is 4.70. The molecule has 264 valence electrons. The average Bonchev–Trinajstić information content (AvgIpc) is 3.30. The number of nitrogens with zero attached hydrogens (tertiary/aromatic N) is 5. The van der Waals surface area contributed by atoms with E-state index in [4.69, 9.17) is 19.2 Å². The van der Waals surface area contributed by atoms with Crippen molar-refractivity contribution >= 4 is 32.7 Å². The van der Waals surface area contributed by atoms with Gasteiger partial charge in [-0.15, -0.1) is 0 Å². The number of carbonyl (C=O) groups is 1. The molecule has 2 heterocycles. The minimum Gasteiger partial charge on any atom is -0.493 e. The lowest BCUT2D eigenvalue weighted by Crippen LogP contribution is -2.35. The second-order valence-corrected chi connectivity index (χ2v) is 14.8. The molecule has 13 heteroatoms. The van der Waals surface area contributed by atoms with Gasteiger partial charge < -0.3 is 33.5 Å². The van der Waals surface area contributed by atoms with E-state index in [1.807, 2.05) is 28.8 Å². The maximum absolute atomic E-state index is 13.9. The fourth-order valence-electron chi connectivity index (χ4n) is 6.45. The molecule has 1 atom stereocenters. The van der Waals surface area contributed by atoms with Crippen LogP contribution in [0, 0.1) is 5.82 Å². The van der Waals surface area contributed by atoms with E-state index in [-0.39, 0.29) is 23.4 Å². The van der Waals surface area contributed by atoms with Crippen LogP contribution in [0.5, 0.6) is 17.2 Å². The van der Waals surface area contributed by atoms with Crippen molar-refractivity contribution in [2.24, 2.45) is 0 Å². The second kappa shape index (κ2) is 15.9. The number of aromatic nitrogens is 2. The monoisotopic (exact) mass is 695 g/mol. The number of ether oxygens (including phenoxy) is 3.